The Hall–Kier alpha value is -2.89. The van der Waals surface area contributed by atoms with Gasteiger partial charge in [-0.15, -0.1) is 0 Å². The van der Waals surface area contributed by atoms with E-state index in [1.54, 1.807) is 17.0 Å². The number of anilines is 1. The zero-order valence-electron chi connectivity index (χ0n) is 15.9. The maximum absolute atomic E-state index is 13.0. The van der Waals surface area contributed by atoms with Gasteiger partial charge in [-0.25, -0.2) is 9.18 Å². The Bertz CT molecular complexity index is 780. The van der Waals surface area contributed by atoms with E-state index in [-0.39, 0.29) is 17.8 Å². The minimum absolute atomic E-state index is 0.0386. The van der Waals surface area contributed by atoms with Gasteiger partial charge >= 0.3 is 6.03 Å². The lowest BCUT2D eigenvalue weighted by molar-refractivity contribution is -0.121. The second kappa shape index (κ2) is 9.88. The van der Waals surface area contributed by atoms with E-state index < -0.39 is 0 Å². The van der Waals surface area contributed by atoms with Crippen LogP contribution in [-0.4, -0.2) is 29.9 Å². The average Bonchev–Trinajstić information content (AvgIpc) is 2.73. The summed E-state index contributed by atoms with van der Waals surface area (Å²) in [6.45, 7) is 1.87. The quantitative estimate of drug-likeness (QED) is 0.787. The largest absolute Gasteiger partial charge is 0.352 e. The first-order valence-corrected chi connectivity index (χ1v) is 9.72. The third-order valence-electron chi connectivity index (χ3n) is 5.01. The van der Waals surface area contributed by atoms with Crippen LogP contribution in [0, 0.1) is 11.7 Å². The van der Waals surface area contributed by atoms with Crippen LogP contribution in [0.5, 0.6) is 0 Å². The molecule has 5 nitrogen and oxygen atoms in total. The van der Waals surface area contributed by atoms with Crippen molar-refractivity contribution in [1.82, 2.24) is 10.2 Å². The van der Waals surface area contributed by atoms with Crippen LogP contribution in [0.25, 0.3) is 0 Å². The summed E-state index contributed by atoms with van der Waals surface area (Å²) in [6, 6.07) is 15.4. The predicted molar refractivity (Wildman–Crippen MR) is 107 cm³/mol. The number of likely N-dealkylation sites (tertiary alicyclic amines) is 1. The zero-order chi connectivity index (χ0) is 19.8. The van der Waals surface area contributed by atoms with Crippen LogP contribution >= 0.6 is 0 Å². The van der Waals surface area contributed by atoms with Crippen molar-refractivity contribution in [2.75, 3.05) is 18.4 Å². The van der Waals surface area contributed by atoms with Crippen LogP contribution in [0.4, 0.5) is 14.9 Å². The van der Waals surface area contributed by atoms with E-state index in [0.29, 0.717) is 37.7 Å². The summed E-state index contributed by atoms with van der Waals surface area (Å²) in [5.41, 5.74) is 1.66. The lowest BCUT2D eigenvalue weighted by Crippen LogP contribution is -2.42. The van der Waals surface area contributed by atoms with Gasteiger partial charge in [0.2, 0.25) is 5.91 Å². The Morgan fingerprint density at radius 1 is 1.07 bits per heavy atom. The normalized spacial score (nSPS) is 16.5. The number of carbonyl (C=O) groups is 2. The van der Waals surface area contributed by atoms with Crippen LogP contribution in [-0.2, 0) is 11.3 Å². The number of halogens is 1. The van der Waals surface area contributed by atoms with E-state index in [4.69, 9.17) is 0 Å². The zero-order valence-corrected chi connectivity index (χ0v) is 15.9. The molecule has 1 heterocycles. The Labute approximate surface area is 164 Å². The molecule has 3 rings (SSSR count). The molecule has 148 valence electrons. The monoisotopic (exact) mass is 383 g/mol. The first-order valence-electron chi connectivity index (χ1n) is 9.72. The molecule has 1 unspecified atom stereocenters. The van der Waals surface area contributed by atoms with Crippen molar-refractivity contribution in [3.8, 4) is 0 Å². The molecule has 0 bridgehead atoms. The molecule has 2 aromatic carbocycles. The lowest BCUT2D eigenvalue weighted by Gasteiger charge is -2.32. The summed E-state index contributed by atoms with van der Waals surface area (Å²) in [6.07, 6.45) is 3.17. The molecular formula is C22H26FN3O2. The summed E-state index contributed by atoms with van der Waals surface area (Å²) < 4.78 is 13.0. The number of nitrogens with one attached hydrogen (secondary N) is 2. The number of rotatable bonds is 6. The van der Waals surface area contributed by atoms with Crippen molar-refractivity contribution in [2.24, 2.45) is 5.92 Å². The first kappa shape index (κ1) is 19.9. The molecule has 28 heavy (non-hydrogen) atoms. The third kappa shape index (κ3) is 6.08. The van der Waals surface area contributed by atoms with Gasteiger partial charge in [-0.2, -0.15) is 0 Å². The maximum atomic E-state index is 13.0. The molecule has 2 N–H and O–H groups in total. The van der Waals surface area contributed by atoms with Crippen LogP contribution in [0.1, 0.15) is 31.2 Å². The molecule has 0 saturated carbocycles. The van der Waals surface area contributed by atoms with Crippen LogP contribution < -0.4 is 10.6 Å². The number of benzene rings is 2. The smallest absolute Gasteiger partial charge is 0.321 e. The molecule has 1 aliphatic rings. The van der Waals surface area contributed by atoms with Gasteiger partial charge in [-0.05, 0) is 55.0 Å². The van der Waals surface area contributed by atoms with Gasteiger partial charge in [0.25, 0.3) is 0 Å². The van der Waals surface area contributed by atoms with Crippen molar-refractivity contribution in [3.05, 3.63) is 66.0 Å². The van der Waals surface area contributed by atoms with Gasteiger partial charge in [-0.1, -0.05) is 30.3 Å². The summed E-state index contributed by atoms with van der Waals surface area (Å²) in [5, 5.41) is 5.75. The van der Waals surface area contributed by atoms with E-state index in [0.717, 1.165) is 24.8 Å². The van der Waals surface area contributed by atoms with Gasteiger partial charge in [0.05, 0.1) is 0 Å². The fourth-order valence-corrected chi connectivity index (χ4v) is 3.44. The van der Waals surface area contributed by atoms with Gasteiger partial charge in [0, 0.05) is 31.7 Å². The fraction of sp³-hybridized carbons (Fsp3) is 0.364. The van der Waals surface area contributed by atoms with Crippen LogP contribution in [0.3, 0.4) is 0 Å². The number of hydrogen-bond donors (Lipinski definition) is 2. The molecule has 0 aliphatic carbocycles. The lowest BCUT2D eigenvalue weighted by atomic mass is 9.93. The standard InChI is InChI=1S/C22H26FN3O2/c23-19-9-11-20(12-10-19)25-22(28)26-14-4-7-18(16-26)8-13-21(27)24-15-17-5-2-1-3-6-17/h1-3,5-6,9-12,18H,4,7-8,13-16H2,(H,24,27)(H,25,28). The van der Waals surface area contributed by atoms with Crippen molar-refractivity contribution in [3.63, 3.8) is 0 Å². The number of urea groups is 1. The van der Waals surface area contributed by atoms with Crippen molar-refractivity contribution >= 4 is 17.6 Å². The minimum atomic E-state index is -0.332. The van der Waals surface area contributed by atoms with Crippen LogP contribution in [0.15, 0.2) is 54.6 Å². The molecule has 1 aliphatic heterocycles. The topological polar surface area (TPSA) is 61.4 Å². The highest BCUT2D eigenvalue weighted by atomic mass is 19.1. The number of piperidine rings is 1. The van der Waals surface area contributed by atoms with E-state index in [9.17, 15) is 14.0 Å². The highest BCUT2D eigenvalue weighted by Crippen LogP contribution is 2.22. The number of amides is 3. The Balaban J connectivity index is 1.41. The van der Waals surface area contributed by atoms with Crippen molar-refractivity contribution in [1.29, 1.82) is 0 Å². The van der Waals surface area contributed by atoms with Gasteiger partial charge in [-0.3, -0.25) is 4.79 Å². The molecule has 1 atom stereocenters. The molecule has 0 radical (unpaired) electrons. The molecular weight excluding hydrogens is 357 g/mol. The highest BCUT2D eigenvalue weighted by Gasteiger charge is 2.24. The van der Waals surface area contributed by atoms with Gasteiger partial charge < -0.3 is 15.5 Å². The Morgan fingerprint density at radius 3 is 2.57 bits per heavy atom. The summed E-state index contributed by atoms with van der Waals surface area (Å²) in [7, 11) is 0. The Morgan fingerprint density at radius 2 is 1.82 bits per heavy atom. The highest BCUT2D eigenvalue weighted by molar-refractivity contribution is 5.89. The van der Waals surface area contributed by atoms with E-state index in [2.05, 4.69) is 10.6 Å². The number of carbonyl (C=O) groups excluding carboxylic acids is 2. The summed E-state index contributed by atoms with van der Waals surface area (Å²) in [5.74, 6) is 0.0218. The number of nitrogens with zero attached hydrogens (tertiary/aromatic N) is 1. The van der Waals surface area contributed by atoms with Crippen molar-refractivity contribution < 1.29 is 14.0 Å². The average molecular weight is 383 g/mol. The van der Waals surface area contributed by atoms with E-state index in [1.807, 2.05) is 30.3 Å². The summed E-state index contributed by atoms with van der Waals surface area (Å²) >= 11 is 0. The van der Waals surface area contributed by atoms with Gasteiger partial charge in [0.15, 0.2) is 0 Å². The maximum Gasteiger partial charge on any atom is 0.321 e. The van der Waals surface area contributed by atoms with Gasteiger partial charge in [0.1, 0.15) is 5.82 Å². The molecule has 3 amide bonds. The third-order valence-corrected chi connectivity index (χ3v) is 5.01. The first-order chi connectivity index (χ1) is 13.6. The second-order valence-electron chi connectivity index (χ2n) is 7.19. The molecule has 0 aromatic heterocycles. The molecule has 2 aromatic rings. The molecule has 0 spiro atoms. The second-order valence-corrected chi connectivity index (χ2v) is 7.19. The van der Waals surface area contributed by atoms with Crippen molar-refractivity contribution in [2.45, 2.75) is 32.2 Å². The predicted octanol–water partition coefficient (Wildman–Crippen LogP) is 4.17. The molecule has 1 fully saturated rings. The van der Waals surface area contributed by atoms with E-state index >= 15 is 0 Å². The molecule has 1 saturated heterocycles. The minimum Gasteiger partial charge on any atom is -0.352 e. The SMILES string of the molecule is O=C(CCC1CCCN(C(=O)Nc2ccc(F)cc2)C1)NCc1ccccc1. The Kier molecular flexibility index (Phi) is 7.00. The number of hydrogen-bond acceptors (Lipinski definition) is 2. The fourth-order valence-electron chi connectivity index (χ4n) is 3.44. The van der Waals surface area contributed by atoms with Crippen LogP contribution in [0.2, 0.25) is 0 Å². The van der Waals surface area contributed by atoms with E-state index in [1.165, 1.54) is 12.1 Å². The summed E-state index contributed by atoms with van der Waals surface area (Å²) in [4.78, 5) is 26.3. The molecule has 6 heteroatoms.